The Morgan fingerprint density at radius 3 is 2.62 bits per heavy atom. The number of hydrogen-bond donors (Lipinski definition) is 0. The van der Waals surface area contributed by atoms with Gasteiger partial charge in [-0.3, -0.25) is 14.9 Å². The molecular formula is C8H6BrNO3. The fraction of sp³-hybridized carbons (Fsp3) is 0.125. The molecule has 0 aliphatic carbocycles. The van der Waals surface area contributed by atoms with Gasteiger partial charge in [0.05, 0.1) is 4.92 Å². The Labute approximate surface area is 82.8 Å². The summed E-state index contributed by atoms with van der Waals surface area (Å²) in [5.74, 6) is 0. The van der Waals surface area contributed by atoms with Crippen LogP contribution in [0.25, 0.3) is 0 Å². The molecule has 0 heterocycles. The van der Waals surface area contributed by atoms with Crippen molar-refractivity contribution >= 4 is 27.9 Å². The summed E-state index contributed by atoms with van der Waals surface area (Å²) in [6.07, 6.45) is 0.654. The lowest BCUT2D eigenvalue weighted by Gasteiger charge is -1.99. The highest BCUT2D eigenvalue weighted by atomic mass is 79.9. The van der Waals surface area contributed by atoms with Crippen molar-refractivity contribution in [1.82, 2.24) is 0 Å². The highest BCUT2D eigenvalue weighted by Crippen LogP contribution is 2.25. The lowest BCUT2D eigenvalue weighted by atomic mass is 10.1. The molecule has 0 aliphatic rings. The molecule has 0 N–H and O–H groups in total. The number of benzene rings is 1. The maximum Gasteiger partial charge on any atom is 0.273 e. The summed E-state index contributed by atoms with van der Waals surface area (Å²) in [5.41, 5.74) is 0.913. The van der Waals surface area contributed by atoms with Gasteiger partial charge in [0, 0.05) is 21.7 Å². The lowest BCUT2D eigenvalue weighted by molar-refractivity contribution is -0.385. The highest BCUT2D eigenvalue weighted by molar-refractivity contribution is 9.10. The molecule has 13 heavy (non-hydrogen) atoms. The number of aryl methyl sites for hydroxylation is 1. The normalized spacial score (nSPS) is 9.69. The molecule has 0 unspecified atom stereocenters. The molecule has 1 rings (SSSR count). The Bertz CT molecular complexity index is 376. The molecular weight excluding hydrogens is 238 g/mol. The van der Waals surface area contributed by atoms with E-state index in [-0.39, 0.29) is 5.69 Å². The van der Waals surface area contributed by atoms with Crippen molar-refractivity contribution in [3.63, 3.8) is 0 Å². The van der Waals surface area contributed by atoms with Gasteiger partial charge in [-0.2, -0.15) is 0 Å². The molecule has 0 aromatic heterocycles. The second-order valence-corrected chi connectivity index (χ2v) is 3.39. The largest absolute Gasteiger partial charge is 0.298 e. The summed E-state index contributed by atoms with van der Waals surface area (Å²) >= 11 is 3.07. The second kappa shape index (κ2) is 3.66. The Balaban J connectivity index is 3.36. The molecule has 0 fully saturated rings. The van der Waals surface area contributed by atoms with Crippen molar-refractivity contribution < 1.29 is 9.72 Å². The molecule has 0 aliphatic heterocycles. The number of carbonyl (C=O) groups excluding carboxylic acids is 1. The zero-order valence-electron chi connectivity index (χ0n) is 6.78. The van der Waals surface area contributed by atoms with E-state index in [9.17, 15) is 14.9 Å². The predicted octanol–water partition coefficient (Wildman–Crippen LogP) is 2.48. The number of aldehydes is 1. The van der Waals surface area contributed by atoms with Gasteiger partial charge in [-0.1, -0.05) is 0 Å². The van der Waals surface area contributed by atoms with Crippen LogP contribution in [-0.2, 0) is 0 Å². The molecule has 5 heteroatoms. The summed E-state index contributed by atoms with van der Waals surface area (Å²) in [5, 5.41) is 10.5. The number of nitro benzene ring substituents is 1. The van der Waals surface area contributed by atoms with Crippen molar-refractivity contribution in [2.24, 2.45) is 0 Å². The summed E-state index contributed by atoms with van der Waals surface area (Å²) in [4.78, 5) is 20.5. The average molecular weight is 244 g/mol. The fourth-order valence-corrected chi connectivity index (χ4v) is 1.41. The van der Waals surface area contributed by atoms with E-state index in [0.29, 0.717) is 21.9 Å². The van der Waals surface area contributed by atoms with Gasteiger partial charge in [0.1, 0.15) is 0 Å². The number of nitrogens with zero attached hydrogens (tertiary/aromatic N) is 1. The van der Waals surface area contributed by atoms with E-state index in [2.05, 4.69) is 15.9 Å². The molecule has 1 aromatic carbocycles. The van der Waals surface area contributed by atoms with Crippen LogP contribution in [0.15, 0.2) is 16.6 Å². The predicted molar refractivity (Wildman–Crippen MR) is 50.9 cm³/mol. The number of nitro groups is 1. The average Bonchev–Trinajstić information content (AvgIpc) is 2.07. The number of hydrogen-bond acceptors (Lipinski definition) is 3. The van der Waals surface area contributed by atoms with Crippen LogP contribution in [0.1, 0.15) is 15.9 Å². The molecule has 68 valence electrons. The first-order chi connectivity index (χ1) is 6.06. The monoisotopic (exact) mass is 243 g/mol. The first-order valence-electron chi connectivity index (χ1n) is 3.46. The van der Waals surface area contributed by atoms with Crippen LogP contribution in [0.4, 0.5) is 5.69 Å². The Morgan fingerprint density at radius 2 is 2.15 bits per heavy atom. The minimum absolute atomic E-state index is 0.0116. The third-order valence-corrected chi connectivity index (χ3v) is 2.33. The van der Waals surface area contributed by atoms with Gasteiger partial charge >= 0.3 is 0 Å². The van der Waals surface area contributed by atoms with Gasteiger partial charge in [-0.15, -0.1) is 0 Å². The molecule has 0 amide bonds. The van der Waals surface area contributed by atoms with Crippen LogP contribution >= 0.6 is 15.9 Å². The van der Waals surface area contributed by atoms with Gasteiger partial charge in [0.25, 0.3) is 5.69 Å². The molecule has 0 saturated heterocycles. The Hall–Kier alpha value is -1.23. The van der Waals surface area contributed by atoms with Gasteiger partial charge < -0.3 is 0 Å². The fourth-order valence-electron chi connectivity index (χ4n) is 0.980. The summed E-state index contributed by atoms with van der Waals surface area (Å²) in [6, 6.07) is 2.81. The third kappa shape index (κ3) is 1.92. The third-order valence-electron chi connectivity index (χ3n) is 1.64. The van der Waals surface area contributed by atoms with Gasteiger partial charge in [0.15, 0.2) is 6.29 Å². The van der Waals surface area contributed by atoms with E-state index in [0.717, 1.165) is 0 Å². The zero-order chi connectivity index (χ0) is 10.0. The van der Waals surface area contributed by atoms with Crippen molar-refractivity contribution in [3.05, 3.63) is 37.8 Å². The molecule has 4 nitrogen and oxygen atoms in total. The molecule has 0 bridgehead atoms. The van der Waals surface area contributed by atoms with E-state index < -0.39 is 4.92 Å². The molecule has 0 atom stereocenters. The maximum atomic E-state index is 10.5. The molecule has 0 saturated carbocycles. The van der Waals surface area contributed by atoms with Crippen molar-refractivity contribution in [1.29, 1.82) is 0 Å². The number of halogens is 1. The summed E-state index contributed by atoms with van der Waals surface area (Å²) in [6.45, 7) is 1.59. The zero-order valence-corrected chi connectivity index (χ0v) is 8.37. The van der Waals surface area contributed by atoms with Gasteiger partial charge in [0.2, 0.25) is 0 Å². The van der Waals surface area contributed by atoms with Crippen LogP contribution in [0.5, 0.6) is 0 Å². The number of rotatable bonds is 2. The van der Waals surface area contributed by atoms with Crippen molar-refractivity contribution in [2.45, 2.75) is 6.92 Å². The number of carbonyl (C=O) groups is 1. The Morgan fingerprint density at radius 1 is 1.54 bits per heavy atom. The van der Waals surface area contributed by atoms with E-state index in [1.54, 1.807) is 6.92 Å². The van der Waals surface area contributed by atoms with E-state index in [4.69, 9.17) is 0 Å². The minimum atomic E-state index is -0.478. The summed E-state index contributed by atoms with van der Waals surface area (Å²) in [7, 11) is 0. The Kier molecular flexibility index (Phi) is 2.77. The van der Waals surface area contributed by atoms with Crippen molar-refractivity contribution in [2.75, 3.05) is 0 Å². The van der Waals surface area contributed by atoms with Crippen LogP contribution in [0.2, 0.25) is 0 Å². The van der Waals surface area contributed by atoms with E-state index >= 15 is 0 Å². The van der Waals surface area contributed by atoms with Gasteiger partial charge in [-0.25, -0.2) is 0 Å². The molecule has 0 spiro atoms. The SMILES string of the molecule is Cc1cc(C=O)c(Br)cc1[N+](=O)[O-]. The van der Waals surface area contributed by atoms with Crippen molar-refractivity contribution in [3.8, 4) is 0 Å². The van der Waals surface area contributed by atoms with Crippen LogP contribution in [-0.4, -0.2) is 11.2 Å². The molecule has 1 aromatic rings. The van der Waals surface area contributed by atoms with E-state index in [1.807, 2.05) is 0 Å². The van der Waals surface area contributed by atoms with Crippen LogP contribution in [0.3, 0.4) is 0 Å². The summed E-state index contributed by atoms with van der Waals surface area (Å²) < 4.78 is 0.444. The highest BCUT2D eigenvalue weighted by Gasteiger charge is 2.13. The first-order valence-corrected chi connectivity index (χ1v) is 4.25. The maximum absolute atomic E-state index is 10.5. The quantitative estimate of drug-likeness (QED) is 0.456. The topological polar surface area (TPSA) is 60.2 Å². The van der Waals surface area contributed by atoms with Crippen LogP contribution in [0, 0.1) is 17.0 Å². The van der Waals surface area contributed by atoms with E-state index in [1.165, 1.54) is 12.1 Å². The smallest absolute Gasteiger partial charge is 0.273 e. The van der Waals surface area contributed by atoms with Crippen LogP contribution < -0.4 is 0 Å². The minimum Gasteiger partial charge on any atom is -0.298 e. The standard InChI is InChI=1S/C8H6BrNO3/c1-5-2-6(4-11)7(9)3-8(5)10(12)13/h2-4H,1H3. The second-order valence-electron chi connectivity index (χ2n) is 2.54. The molecule has 0 radical (unpaired) electrons. The lowest BCUT2D eigenvalue weighted by Crippen LogP contribution is -1.94. The van der Waals surface area contributed by atoms with Gasteiger partial charge in [-0.05, 0) is 28.9 Å². The first kappa shape index (κ1) is 9.85.